The monoisotopic (exact) mass is 301 g/mol. The Morgan fingerprint density at radius 2 is 2.18 bits per heavy atom. The van der Waals surface area contributed by atoms with Crippen LogP contribution in [-0.4, -0.2) is 30.1 Å². The third-order valence-electron chi connectivity index (χ3n) is 1.85. The first-order chi connectivity index (χ1) is 8.02. The van der Waals surface area contributed by atoms with Gasteiger partial charge in [-0.1, -0.05) is 0 Å². The maximum atomic E-state index is 11.5. The van der Waals surface area contributed by atoms with Crippen LogP contribution in [0.4, 0.5) is 4.79 Å². The minimum atomic E-state index is -0.782. The molecule has 1 aromatic heterocycles. The third kappa shape index (κ3) is 4.39. The lowest BCUT2D eigenvalue weighted by molar-refractivity contribution is -0.126. The zero-order valence-corrected chi connectivity index (χ0v) is 10.9. The van der Waals surface area contributed by atoms with Crippen molar-refractivity contribution in [1.29, 1.82) is 0 Å². The van der Waals surface area contributed by atoms with Gasteiger partial charge in [0.05, 0.1) is 6.20 Å². The van der Waals surface area contributed by atoms with E-state index in [9.17, 15) is 9.59 Å². The Kier molecular flexibility index (Phi) is 4.89. The van der Waals surface area contributed by atoms with E-state index in [0.717, 1.165) is 0 Å². The van der Waals surface area contributed by atoms with Gasteiger partial charge in [-0.2, -0.15) is 0 Å². The smallest absolute Gasteiger partial charge is 0.321 e. The van der Waals surface area contributed by atoms with E-state index in [1.807, 2.05) is 0 Å². The quantitative estimate of drug-likeness (QED) is 0.818. The zero-order valence-electron chi connectivity index (χ0n) is 9.36. The highest BCUT2D eigenvalue weighted by Gasteiger charge is 2.16. The largest absolute Gasteiger partial charge is 0.479 e. The topological polar surface area (TPSA) is 80.3 Å². The SMILES string of the molecule is CNC(=O)NC(=O)C(C)Oc1ccc(Br)nc1. The van der Waals surface area contributed by atoms with Crippen molar-refractivity contribution in [2.45, 2.75) is 13.0 Å². The number of ether oxygens (including phenoxy) is 1. The predicted molar refractivity (Wildman–Crippen MR) is 64.6 cm³/mol. The summed E-state index contributed by atoms with van der Waals surface area (Å²) in [7, 11) is 1.42. The Balaban J connectivity index is 2.54. The molecule has 1 aromatic rings. The summed E-state index contributed by atoms with van der Waals surface area (Å²) in [5, 5.41) is 4.39. The van der Waals surface area contributed by atoms with Crippen LogP contribution in [0.25, 0.3) is 0 Å². The number of halogens is 1. The molecule has 7 heteroatoms. The summed E-state index contributed by atoms with van der Waals surface area (Å²) in [5.41, 5.74) is 0. The van der Waals surface area contributed by atoms with Crippen LogP contribution in [0.5, 0.6) is 5.75 Å². The molecule has 0 aromatic carbocycles. The minimum absolute atomic E-state index is 0.452. The molecule has 1 atom stereocenters. The normalized spacial score (nSPS) is 11.5. The lowest BCUT2D eigenvalue weighted by Crippen LogP contribution is -2.43. The van der Waals surface area contributed by atoms with Crippen molar-refractivity contribution in [3.05, 3.63) is 22.9 Å². The van der Waals surface area contributed by atoms with E-state index in [4.69, 9.17) is 4.74 Å². The third-order valence-corrected chi connectivity index (χ3v) is 2.32. The molecular weight excluding hydrogens is 290 g/mol. The molecular formula is C10H12BrN3O3. The Labute approximate surface area is 107 Å². The fourth-order valence-electron chi connectivity index (χ4n) is 0.966. The van der Waals surface area contributed by atoms with E-state index >= 15 is 0 Å². The maximum absolute atomic E-state index is 11.5. The standard InChI is InChI=1S/C10H12BrN3O3/c1-6(9(15)14-10(16)12-2)17-7-3-4-8(11)13-5-7/h3-6H,1-2H3,(H2,12,14,15,16). The molecule has 0 saturated heterocycles. The van der Waals surface area contributed by atoms with Crippen LogP contribution < -0.4 is 15.4 Å². The predicted octanol–water partition coefficient (Wildman–Crippen LogP) is 1.07. The van der Waals surface area contributed by atoms with Crippen molar-refractivity contribution in [3.63, 3.8) is 0 Å². The van der Waals surface area contributed by atoms with Crippen LogP contribution in [0.3, 0.4) is 0 Å². The molecule has 1 rings (SSSR count). The van der Waals surface area contributed by atoms with Gasteiger partial charge in [0.25, 0.3) is 5.91 Å². The molecule has 0 aliphatic heterocycles. The van der Waals surface area contributed by atoms with E-state index < -0.39 is 18.0 Å². The number of imide groups is 1. The number of rotatable bonds is 3. The number of nitrogens with zero attached hydrogens (tertiary/aromatic N) is 1. The number of carbonyl (C=O) groups is 2. The molecule has 1 unspecified atom stereocenters. The first kappa shape index (κ1) is 13.4. The van der Waals surface area contributed by atoms with E-state index in [0.29, 0.717) is 10.4 Å². The molecule has 0 radical (unpaired) electrons. The summed E-state index contributed by atoms with van der Waals surface area (Å²) >= 11 is 3.18. The van der Waals surface area contributed by atoms with Crippen LogP contribution in [0.1, 0.15) is 6.92 Å². The second-order valence-corrected chi connectivity index (χ2v) is 3.96. The van der Waals surface area contributed by atoms with E-state index in [-0.39, 0.29) is 0 Å². The summed E-state index contributed by atoms with van der Waals surface area (Å²) in [6, 6.07) is 2.79. The van der Waals surface area contributed by atoms with E-state index in [1.54, 1.807) is 19.1 Å². The van der Waals surface area contributed by atoms with Crippen molar-refractivity contribution >= 4 is 27.9 Å². The lowest BCUT2D eigenvalue weighted by atomic mass is 10.3. The van der Waals surface area contributed by atoms with Gasteiger partial charge in [0.1, 0.15) is 10.4 Å². The maximum Gasteiger partial charge on any atom is 0.321 e. The van der Waals surface area contributed by atoms with Gasteiger partial charge in [-0.05, 0) is 35.0 Å². The zero-order chi connectivity index (χ0) is 12.8. The van der Waals surface area contributed by atoms with Gasteiger partial charge in [0.2, 0.25) is 0 Å². The van der Waals surface area contributed by atoms with Crippen LogP contribution in [0, 0.1) is 0 Å². The average molecular weight is 302 g/mol. The van der Waals surface area contributed by atoms with Gasteiger partial charge in [0, 0.05) is 7.05 Å². The summed E-state index contributed by atoms with van der Waals surface area (Å²) in [6.07, 6.45) is 0.698. The summed E-state index contributed by atoms with van der Waals surface area (Å²) in [4.78, 5) is 26.3. The highest BCUT2D eigenvalue weighted by Crippen LogP contribution is 2.14. The number of hydrogen-bond donors (Lipinski definition) is 2. The summed E-state index contributed by atoms with van der Waals surface area (Å²) < 4.78 is 5.97. The fourth-order valence-corrected chi connectivity index (χ4v) is 1.20. The minimum Gasteiger partial charge on any atom is -0.479 e. The molecule has 0 saturated carbocycles. The molecule has 0 aliphatic rings. The highest BCUT2D eigenvalue weighted by atomic mass is 79.9. The van der Waals surface area contributed by atoms with Gasteiger partial charge in [0.15, 0.2) is 6.10 Å². The van der Waals surface area contributed by atoms with Crippen LogP contribution in [0.15, 0.2) is 22.9 Å². The van der Waals surface area contributed by atoms with E-state index in [1.165, 1.54) is 13.2 Å². The van der Waals surface area contributed by atoms with Crippen LogP contribution in [0.2, 0.25) is 0 Å². The van der Waals surface area contributed by atoms with Crippen molar-refractivity contribution in [3.8, 4) is 5.75 Å². The molecule has 0 spiro atoms. The second-order valence-electron chi connectivity index (χ2n) is 3.15. The molecule has 2 N–H and O–H groups in total. The Morgan fingerprint density at radius 3 is 2.71 bits per heavy atom. The Bertz CT molecular complexity index is 408. The molecule has 92 valence electrons. The van der Waals surface area contributed by atoms with Crippen molar-refractivity contribution in [2.75, 3.05) is 7.05 Å². The molecule has 3 amide bonds. The van der Waals surface area contributed by atoms with Gasteiger partial charge in [-0.3, -0.25) is 10.1 Å². The number of carbonyl (C=O) groups excluding carboxylic acids is 2. The number of aromatic nitrogens is 1. The number of nitrogens with one attached hydrogen (secondary N) is 2. The second kappa shape index (κ2) is 6.19. The van der Waals surface area contributed by atoms with Gasteiger partial charge < -0.3 is 10.1 Å². The fraction of sp³-hybridized carbons (Fsp3) is 0.300. The van der Waals surface area contributed by atoms with Crippen molar-refractivity contribution in [1.82, 2.24) is 15.6 Å². The van der Waals surface area contributed by atoms with Crippen molar-refractivity contribution < 1.29 is 14.3 Å². The van der Waals surface area contributed by atoms with Crippen LogP contribution in [-0.2, 0) is 4.79 Å². The molecule has 1 heterocycles. The molecule has 6 nitrogen and oxygen atoms in total. The molecule has 0 fully saturated rings. The number of hydrogen-bond acceptors (Lipinski definition) is 4. The van der Waals surface area contributed by atoms with Crippen molar-refractivity contribution in [2.24, 2.45) is 0 Å². The summed E-state index contributed by atoms with van der Waals surface area (Å²) in [6.45, 7) is 1.54. The van der Waals surface area contributed by atoms with E-state index in [2.05, 4.69) is 31.5 Å². The summed E-state index contributed by atoms with van der Waals surface area (Å²) in [5.74, 6) is -0.0694. The number of pyridine rings is 1. The molecule has 0 bridgehead atoms. The Hall–Kier alpha value is -1.63. The molecule has 0 aliphatic carbocycles. The first-order valence-electron chi connectivity index (χ1n) is 4.83. The average Bonchev–Trinajstić information content (AvgIpc) is 2.31. The lowest BCUT2D eigenvalue weighted by Gasteiger charge is -2.13. The first-order valence-corrected chi connectivity index (χ1v) is 5.63. The van der Waals surface area contributed by atoms with Crippen LogP contribution >= 0.6 is 15.9 Å². The Morgan fingerprint density at radius 1 is 1.47 bits per heavy atom. The highest BCUT2D eigenvalue weighted by molar-refractivity contribution is 9.10. The van der Waals surface area contributed by atoms with Gasteiger partial charge >= 0.3 is 6.03 Å². The van der Waals surface area contributed by atoms with Gasteiger partial charge in [-0.15, -0.1) is 0 Å². The molecule has 17 heavy (non-hydrogen) atoms. The number of urea groups is 1. The van der Waals surface area contributed by atoms with Gasteiger partial charge in [-0.25, -0.2) is 9.78 Å². The number of amides is 3.